The van der Waals surface area contributed by atoms with Crippen LogP contribution in [0.4, 0.5) is 0 Å². The molecule has 2 aromatic rings. The Morgan fingerprint density at radius 1 is 1.38 bits per heavy atom. The van der Waals surface area contributed by atoms with Crippen LogP contribution in [0.25, 0.3) is 5.69 Å². The smallest absolute Gasteiger partial charge is 0.220 e. The summed E-state index contributed by atoms with van der Waals surface area (Å²) < 4.78 is 1.69. The molecule has 1 unspecified atom stereocenters. The van der Waals surface area contributed by atoms with Crippen LogP contribution < -0.4 is 11.1 Å². The van der Waals surface area contributed by atoms with E-state index in [1.807, 2.05) is 43.5 Å². The van der Waals surface area contributed by atoms with Gasteiger partial charge in [0.1, 0.15) is 5.69 Å². The molecule has 1 aromatic carbocycles. The Kier molecular flexibility index (Phi) is 6.84. The number of para-hydroxylation sites is 1. The zero-order valence-electron chi connectivity index (χ0n) is 11.9. The summed E-state index contributed by atoms with van der Waals surface area (Å²) >= 11 is 0. The highest BCUT2D eigenvalue weighted by atomic mass is 35.5. The maximum absolute atomic E-state index is 11.6. The molecule has 7 heteroatoms. The summed E-state index contributed by atoms with van der Waals surface area (Å²) in [6.45, 7) is 2.41. The molecule has 21 heavy (non-hydrogen) atoms. The third-order valence-electron chi connectivity index (χ3n) is 2.96. The van der Waals surface area contributed by atoms with Crippen molar-refractivity contribution in [2.75, 3.05) is 6.54 Å². The van der Waals surface area contributed by atoms with Crippen LogP contribution in [0.3, 0.4) is 0 Å². The molecule has 0 spiro atoms. The Morgan fingerprint density at radius 3 is 2.76 bits per heavy atom. The molecule has 1 aromatic heterocycles. The van der Waals surface area contributed by atoms with Gasteiger partial charge in [-0.25, -0.2) is 4.68 Å². The van der Waals surface area contributed by atoms with Crippen molar-refractivity contribution < 1.29 is 4.79 Å². The van der Waals surface area contributed by atoms with Gasteiger partial charge in [-0.2, -0.15) is 0 Å². The van der Waals surface area contributed by atoms with Gasteiger partial charge in [-0.3, -0.25) is 4.79 Å². The maximum atomic E-state index is 11.6. The van der Waals surface area contributed by atoms with E-state index in [0.717, 1.165) is 11.4 Å². The van der Waals surface area contributed by atoms with Crippen molar-refractivity contribution in [3.8, 4) is 5.69 Å². The molecule has 0 aliphatic rings. The normalized spacial score (nSPS) is 11.5. The van der Waals surface area contributed by atoms with Crippen LogP contribution in [0.5, 0.6) is 0 Å². The molecule has 1 heterocycles. The first-order chi connectivity index (χ1) is 9.70. The van der Waals surface area contributed by atoms with Crippen LogP contribution in [0.2, 0.25) is 0 Å². The second-order valence-corrected chi connectivity index (χ2v) is 4.60. The summed E-state index contributed by atoms with van der Waals surface area (Å²) in [6, 6.07) is 9.55. The number of hydrogen-bond donors (Lipinski definition) is 2. The Bertz CT molecular complexity index is 558. The summed E-state index contributed by atoms with van der Waals surface area (Å²) in [5.41, 5.74) is 7.05. The first-order valence-electron chi connectivity index (χ1n) is 6.68. The number of nitrogens with one attached hydrogen (secondary N) is 1. The largest absolute Gasteiger partial charge is 0.348 e. The monoisotopic (exact) mass is 309 g/mol. The van der Waals surface area contributed by atoms with Gasteiger partial charge in [0.2, 0.25) is 5.91 Å². The third kappa shape index (κ3) is 4.84. The molecule has 0 fully saturated rings. The quantitative estimate of drug-likeness (QED) is 0.848. The van der Waals surface area contributed by atoms with Gasteiger partial charge in [-0.1, -0.05) is 23.4 Å². The summed E-state index contributed by atoms with van der Waals surface area (Å²) in [4.78, 5) is 11.6. The first-order valence-corrected chi connectivity index (χ1v) is 6.68. The van der Waals surface area contributed by atoms with Crippen LogP contribution in [0.1, 0.15) is 31.5 Å². The number of nitrogens with two attached hydrogens (primary N) is 1. The fourth-order valence-electron chi connectivity index (χ4n) is 1.83. The average Bonchev–Trinajstić information content (AvgIpc) is 2.96. The summed E-state index contributed by atoms with van der Waals surface area (Å²) in [6.07, 6.45) is 2.95. The van der Waals surface area contributed by atoms with E-state index in [-0.39, 0.29) is 24.4 Å². The first kappa shape index (κ1) is 17.1. The van der Waals surface area contributed by atoms with E-state index < -0.39 is 0 Å². The molecule has 0 aliphatic heterocycles. The van der Waals surface area contributed by atoms with E-state index in [1.54, 1.807) is 4.68 Å². The fourth-order valence-corrected chi connectivity index (χ4v) is 1.83. The lowest BCUT2D eigenvalue weighted by Crippen LogP contribution is -2.27. The predicted molar refractivity (Wildman–Crippen MR) is 83.5 cm³/mol. The minimum Gasteiger partial charge on any atom is -0.348 e. The molecule has 0 bridgehead atoms. The Morgan fingerprint density at radius 2 is 2.10 bits per heavy atom. The van der Waals surface area contributed by atoms with Crippen molar-refractivity contribution in [1.82, 2.24) is 20.3 Å². The second-order valence-electron chi connectivity index (χ2n) is 4.60. The predicted octanol–water partition coefficient (Wildman–Crippen LogP) is 1.61. The van der Waals surface area contributed by atoms with Gasteiger partial charge in [0.15, 0.2) is 0 Å². The molecule has 1 atom stereocenters. The van der Waals surface area contributed by atoms with Crippen molar-refractivity contribution in [2.24, 2.45) is 5.73 Å². The third-order valence-corrected chi connectivity index (χ3v) is 2.96. The number of benzene rings is 1. The highest BCUT2D eigenvalue weighted by molar-refractivity contribution is 5.85. The van der Waals surface area contributed by atoms with Gasteiger partial charge in [0, 0.05) is 6.42 Å². The van der Waals surface area contributed by atoms with Gasteiger partial charge in [0.05, 0.1) is 17.9 Å². The van der Waals surface area contributed by atoms with E-state index in [4.69, 9.17) is 5.73 Å². The second kappa shape index (κ2) is 8.39. The van der Waals surface area contributed by atoms with E-state index in [2.05, 4.69) is 15.6 Å². The summed E-state index contributed by atoms with van der Waals surface area (Å²) in [7, 11) is 0. The molecular weight excluding hydrogens is 290 g/mol. The van der Waals surface area contributed by atoms with Crippen molar-refractivity contribution in [1.29, 1.82) is 0 Å². The summed E-state index contributed by atoms with van der Waals surface area (Å²) in [5, 5.41) is 11.1. The lowest BCUT2D eigenvalue weighted by atomic mass is 10.2. The van der Waals surface area contributed by atoms with Crippen LogP contribution >= 0.6 is 12.4 Å². The molecule has 3 N–H and O–H groups in total. The molecule has 6 nitrogen and oxygen atoms in total. The minimum absolute atomic E-state index is 0. The van der Waals surface area contributed by atoms with Crippen molar-refractivity contribution in [2.45, 2.75) is 25.8 Å². The zero-order valence-corrected chi connectivity index (χ0v) is 12.7. The Hall–Kier alpha value is -1.92. The van der Waals surface area contributed by atoms with E-state index >= 15 is 0 Å². The Labute approximate surface area is 130 Å². The molecule has 2 rings (SSSR count). The number of aromatic nitrogens is 3. The molecule has 0 saturated heterocycles. The lowest BCUT2D eigenvalue weighted by molar-refractivity contribution is -0.121. The SMILES string of the molecule is CC(NC(=O)CCCN)c1cn(-c2ccccc2)nn1.Cl. The Balaban J connectivity index is 0.00000220. The van der Waals surface area contributed by atoms with Gasteiger partial charge >= 0.3 is 0 Å². The highest BCUT2D eigenvalue weighted by Crippen LogP contribution is 2.11. The van der Waals surface area contributed by atoms with Crippen LogP contribution in [0.15, 0.2) is 36.5 Å². The number of nitrogens with zero attached hydrogens (tertiary/aromatic N) is 3. The molecule has 0 radical (unpaired) electrons. The average molecular weight is 310 g/mol. The van der Waals surface area contributed by atoms with Gasteiger partial charge in [0.25, 0.3) is 0 Å². The molecule has 114 valence electrons. The number of rotatable bonds is 6. The molecular formula is C14H20ClN5O. The van der Waals surface area contributed by atoms with Gasteiger partial charge in [-0.05, 0) is 32.0 Å². The van der Waals surface area contributed by atoms with E-state index in [1.165, 1.54) is 0 Å². The molecule has 0 saturated carbocycles. The zero-order chi connectivity index (χ0) is 14.4. The topological polar surface area (TPSA) is 85.8 Å². The number of hydrogen-bond acceptors (Lipinski definition) is 4. The van der Waals surface area contributed by atoms with Crippen LogP contribution in [-0.4, -0.2) is 27.4 Å². The van der Waals surface area contributed by atoms with Crippen LogP contribution in [-0.2, 0) is 4.79 Å². The van der Waals surface area contributed by atoms with Gasteiger partial charge < -0.3 is 11.1 Å². The highest BCUT2D eigenvalue weighted by Gasteiger charge is 2.13. The number of amides is 1. The molecule has 1 amide bonds. The maximum Gasteiger partial charge on any atom is 0.220 e. The fraction of sp³-hybridized carbons (Fsp3) is 0.357. The van der Waals surface area contributed by atoms with E-state index in [0.29, 0.717) is 19.4 Å². The summed E-state index contributed by atoms with van der Waals surface area (Å²) in [5.74, 6) is -0.0165. The number of carbonyl (C=O) groups excluding carboxylic acids is 1. The number of halogens is 1. The number of carbonyl (C=O) groups is 1. The standard InChI is InChI=1S/C14H19N5O.ClH/c1-11(16-14(20)8-5-9-15)13-10-19(18-17-13)12-6-3-2-4-7-12;/h2-4,6-7,10-11H,5,8-9,15H2,1H3,(H,16,20);1H. The molecule has 0 aliphatic carbocycles. The van der Waals surface area contributed by atoms with E-state index in [9.17, 15) is 4.79 Å². The lowest BCUT2D eigenvalue weighted by Gasteiger charge is -2.10. The van der Waals surface area contributed by atoms with Crippen molar-refractivity contribution in [3.05, 3.63) is 42.2 Å². The van der Waals surface area contributed by atoms with Crippen LogP contribution in [0, 0.1) is 0 Å². The van der Waals surface area contributed by atoms with Crippen molar-refractivity contribution in [3.63, 3.8) is 0 Å². The minimum atomic E-state index is -0.169. The van der Waals surface area contributed by atoms with Crippen molar-refractivity contribution >= 4 is 18.3 Å². The van der Waals surface area contributed by atoms with Gasteiger partial charge in [-0.15, -0.1) is 17.5 Å².